The minimum absolute atomic E-state index is 0. The highest BCUT2D eigenvalue weighted by molar-refractivity contribution is 14.0. The highest BCUT2D eigenvalue weighted by atomic mass is 127. The summed E-state index contributed by atoms with van der Waals surface area (Å²) in [7, 11) is 1.86. The Kier molecular flexibility index (Phi) is 9.82. The summed E-state index contributed by atoms with van der Waals surface area (Å²) < 4.78 is 7.22. The molecule has 2 aliphatic rings. The van der Waals surface area contributed by atoms with E-state index in [1.165, 1.54) is 0 Å². The van der Waals surface area contributed by atoms with Crippen molar-refractivity contribution < 1.29 is 9.53 Å². The molecule has 2 aliphatic heterocycles. The Bertz CT molecular complexity index is 703. The van der Waals surface area contributed by atoms with Crippen molar-refractivity contribution >= 4 is 41.5 Å². The van der Waals surface area contributed by atoms with Crippen molar-refractivity contribution in [2.24, 2.45) is 18.0 Å². The Morgan fingerprint density at radius 2 is 2.00 bits per heavy atom. The maximum atomic E-state index is 12.8. The quantitative estimate of drug-likeness (QED) is 0.334. The van der Waals surface area contributed by atoms with E-state index in [1.807, 2.05) is 13.2 Å². The van der Waals surface area contributed by atoms with Crippen molar-refractivity contribution in [3.05, 3.63) is 12.4 Å². The molecule has 9 nitrogen and oxygen atoms in total. The van der Waals surface area contributed by atoms with Crippen LogP contribution in [0.5, 0.6) is 0 Å². The fraction of sp³-hybridized carbons (Fsp3) is 0.750. The van der Waals surface area contributed by atoms with E-state index in [-0.39, 0.29) is 29.9 Å². The van der Waals surface area contributed by atoms with Gasteiger partial charge in [0.1, 0.15) is 6.54 Å². The minimum atomic E-state index is 0. The number of piperazine rings is 1. The molecule has 0 saturated carbocycles. The third-order valence-corrected chi connectivity index (χ3v) is 5.57. The SMILES string of the molecule is CCNC(=NCC(C(C)C)N1CCOCC1)N1CCN(c2cnn(C)c2)C(=O)C1.I. The molecule has 0 aliphatic carbocycles. The summed E-state index contributed by atoms with van der Waals surface area (Å²) in [4.78, 5) is 24.0. The van der Waals surface area contributed by atoms with Gasteiger partial charge in [-0.15, -0.1) is 24.0 Å². The largest absolute Gasteiger partial charge is 0.379 e. The van der Waals surface area contributed by atoms with E-state index in [9.17, 15) is 4.79 Å². The van der Waals surface area contributed by atoms with Gasteiger partial charge in [-0.2, -0.15) is 5.10 Å². The zero-order valence-corrected chi connectivity index (χ0v) is 20.9. The first-order valence-electron chi connectivity index (χ1n) is 10.6. The predicted molar refractivity (Wildman–Crippen MR) is 130 cm³/mol. The summed E-state index contributed by atoms with van der Waals surface area (Å²) >= 11 is 0. The molecule has 2 fully saturated rings. The summed E-state index contributed by atoms with van der Waals surface area (Å²) in [5, 5.41) is 7.55. The van der Waals surface area contributed by atoms with Crippen molar-refractivity contribution in [3.63, 3.8) is 0 Å². The number of ether oxygens (including phenoxy) is 1. The van der Waals surface area contributed by atoms with Crippen molar-refractivity contribution in [3.8, 4) is 0 Å². The average molecular weight is 533 g/mol. The molecule has 1 N–H and O–H groups in total. The molecule has 1 amide bonds. The number of nitrogens with zero attached hydrogens (tertiary/aromatic N) is 6. The van der Waals surface area contributed by atoms with E-state index in [0.717, 1.165) is 57.6 Å². The Balaban J connectivity index is 0.00000320. The van der Waals surface area contributed by atoms with Gasteiger partial charge in [0.25, 0.3) is 0 Å². The van der Waals surface area contributed by atoms with Crippen molar-refractivity contribution in [2.45, 2.75) is 26.8 Å². The van der Waals surface area contributed by atoms with Gasteiger partial charge in [-0.1, -0.05) is 13.8 Å². The number of nitrogens with one attached hydrogen (secondary N) is 1. The zero-order valence-electron chi connectivity index (χ0n) is 18.6. The lowest BCUT2D eigenvalue weighted by molar-refractivity contribution is -0.120. The van der Waals surface area contributed by atoms with Gasteiger partial charge < -0.3 is 19.9 Å². The molecule has 3 rings (SSSR count). The summed E-state index contributed by atoms with van der Waals surface area (Å²) in [6, 6.07) is 0.375. The van der Waals surface area contributed by atoms with Gasteiger partial charge in [-0.25, -0.2) is 0 Å². The fourth-order valence-electron chi connectivity index (χ4n) is 3.94. The van der Waals surface area contributed by atoms with E-state index in [4.69, 9.17) is 9.73 Å². The topological polar surface area (TPSA) is 78.2 Å². The van der Waals surface area contributed by atoms with Gasteiger partial charge >= 0.3 is 0 Å². The van der Waals surface area contributed by atoms with Crippen LogP contribution in [0.25, 0.3) is 0 Å². The number of aryl methyl sites for hydroxylation is 1. The molecule has 0 radical (unpaired) electrons. The molecule has 3 heterocycles. The first-order valence-corrected chi connectivity index (χ1v) is 10.6. The Labute approximate surface area is 196 Å². The number of halogens is 1. The van der Waals surface area contributed by atoms with Crippen molar-refractivity contribution in [2.75, 3.05) is 63.9 Å². The van der Waals surface area contributed by atoms with Crippen LogP contribution in [0.3, 0.4) is 0 Å². The van der Waals surface area contributed by atoms with E-state index in [2.05, 4.69) is 41.0 Å². The highest BCUT2D eigenvalue weighted by Gasteiger charge is 2.29. The summed E-state index contributed by atoms with van der Waals surface area (Å²) in [5.74, 6) is 1.40. The molecule has 30 heavy (non-hydrogen) atoms. The lowest BCUT2D eigenvalue weighted by Crippen LogP contribution is -2.55. The smallest absolute Gasteiger partial charge is 0.246 e. The molecular formula is C20H36IN7O2. The normalized spacial score (nSPS) is 19.8. The molecule has 2 saturated heterocycles. The molecule has 1 unspecified atom stereocenters. The van der Waals surface area contributed by atoms with Gasteiger partial charge in [0.2, 0.25) is 5.91 Å². The van der Waals surface area contributed by atoms with Gasteiger partial charge in [0, 0.05) is 52.0 Å². The number of anilines is 1. The van der Waals surface area contributed by atoms with Crippen LogP contribution in [0.4, 0.5) is 5.69 Å². The van der Waals surface area contributed by atoms with Crippen LogP contribution < -0.4 is 10.2 Å². The molecule has 1 aromatic rings. The van der Waals surface area contributed by atoms with E-state index in [0.29, 0.717) is 25.0 Å². The molecular weight excluding hydrogens is 497 g/mol. The van der Waals surface area contributed by atoms with Crippen molar-refractivity contribution in [1.29, 1.82) is 0 Å². The van der Waals surface area contributed by atoms with Crippen LogP contribution in [-0.4, -0.2) is 96.5 Å². The lowest BCUT2D eigenvalue weighted by atomic mass is 10.0. The molecule has 170 valence electrons. The number of carbonyl (C=O) groups excluding carboxylic acids is 1. The number of aromatic nitrogens is 2. The van der Waals surface area contributed by atoms with Gasteiger partial charge in [-0.3, -0.25) is 19.4 Å². The van der Waals surface area contributed by atoms with Gasteiger partial charge in [0.05, 0.1) is 31.6 Å². The van der Waals surface area contributed by atoms with E-state index >= 15 is 0 Å². The zero-order chi connectivity index (χ0) is 20.8. The number of hydrogen-bond acceptors (Lipinski definition) is 5. The Morgan fingerprint density at radius 3 is 2.57 bits per heavy atom. The molecule has 0 bridgehead atoms. The second kappa shape index (κ2) is 11.8. The summed E-state index contributed by atoms with van der Waals surface area (Å²) in [6.45, 7) is 13.2. The lowest BCUT2D eigenvalue weighted by Gasteiger charge is -2.37. The van der Waals surface area contributed by atoms with Crippen LogP contribution in [-0.2, 0) is 16.6 Å². The van der Waals surface area contributed by atoms with Gasteiger partial charge in [-0.05, 0) is 12.8 Å². The minimum Gasteiger partial charge on any atom is -0.379 e. The monoisotopic (exact) mass is 533 g/mol. The standard InChI is InChI=1S/C20H35N7O2.HI/c1-5-21-20(22-13-18(16(2)3)25-8-10-29-11-9-25)26-6-7-27(19(28)15-26)17-12-23-24(4)14-17;/h12,14,16,18H,5-11,13,15H2,1-4H3,(H,21,22);1H. The van der Waals surface area contributed by atoms with Crippen LogP contribution >= 0.6 is 24.0 Å². The number of rotatable bonds is 6. The van der Waals surface area contributed by atoms with E-state index < -0.39 is 0 Å². The number of carbonyl (C=O) groups is 1. The summed E-state index contributed by atoms with van der Waals surface area (Å²) in [6.07, 6.45) is 3.62. The number of guanidine groups is 1. The van der Waals surface area contributed by atoms with E-state index in [1.54, 1.807) is 15.8 Å². The van der Waals surface area contributed by atoms with Crippen LogP contribution in [0.1, 0.15) is 20.8 Å². The first kappa shape index (κ1) is 24.9. The summed E-state index contributed by atoms with van der Waals surface area (Å²) in [5.41, 5.74) is 0.853. The molecule has 0 aromatic carbocycles. The van der Waals surface area contributed by atoms with Crippen LogP contribution in [0.2, 0.25) is 0 Å². The third-order valence-electron chi connectivity index (χ3n) is 5.57. The second-order valence-corrected chi connectivity index (χ2v) is 7.99. The fourth-order valence-corrected chi connectivity index (χ4v) is 3.94. The number of aliphatic imine (C=N–C) groups is 1. The van der Waals surface area contributed by atoms with Gasteiger partial charge in [0.15, 0.2) is 5.96 Å². The maximum Gasteiger partial charge on any atom is 0.246 e. The molecule has 10 heteroatoms. The predicted octanol–water partition coefficient (Wildman–Crippen LogP) is 1.01. The van der Waals surface area contributed by atoms with Crippen LogP contribution in [0, 0.1) is 5.92 Å². The average Bonchev–Trinajstić information content (AvgIpc) is 3.14. The highest BCUT2D eigenvalue weighted by Crippen LogP contribution is 2.17. The Morgan fingerprint density at radius 1 is 1.27 bits per heavy atom. The number of hydrogen-bond donors (Lipinski definition) is 1. The third kappa shape index (κ3) is 6.30. The Hall–Kier alpha value is -1.40. The first-order chi connectivity index (χ1) is 14.0. The molecule has 1 atom stereocenters. The molecule has 0 spiro atoms. The van der Waals surface area contributed by atoms with Crippen LogP contribution in [0.15, 0.2) is 17.4 Å². The number of morpholine rings is 1. The maximum absolute atomic E-state index is 12.8. The van der Waals surface area contributed by atoms with Crippen molar-refractivity contribution in [1.82, 2.24) is 24.9 Å². The second-order valence-electron chi connectivity index (χ2n) is 7.99. The molecule has 1 aromatic heterocycles. The number of amides is 1.